The summed E-state index contributed by atoms with van der Waals surface area (Å²) in [6, 6.07) is 4.23. The predicted octanol–water partition coefficient (Wildman–Crippen LogP) is 1.34. The molecular formula is C16H21FN6O4S. The highest BCUT2D eigenvalue weighted by Crippen LogP contribution is 2.36. The van der Waals surface area contributed by atoms with Crippen molar-refractivity contribution in [3.8, 4) is 0 Å². The van der Waals surface area contributed by atoms with Crippen LogP contribution in [0.2, 0.25) is 0 Å². The van der Waals surface area contributed by atoms with Crippen LogP contribution in [0.1, 0.15) is 22.9 Å². The fourth-order valence-corrected chi connectivity index (χ4v) is 3.12. The highest BCUT2D eigenvalue weighted by atomic mass is 32.2. The van der Waals surface area contributed by atoms with Gasteiger partial charge in [0.25, 0.3) is 0 Å². The van der Waals surface area contributed by atoms with Crippen molar-refractivity contribution >= 4 is 21.4 Å². The van der Waals surface area contributed by atoms with Crippen LogP contribution in [0.25, 0.3) is 0 Å². The van der Waals surface area contributed by atoms with Gasteiger partial charge in [0.15, 0.2) is 11.5 Å². The van der Waals surface area contributed by atoms with Gasteiger partial charge in [-0.3, -0.25) is 24.7 Å². The van der Waals surface area contributed by atoms with Gasteiger partial charge < -0.3 is 10.1 Å². The molecule has 1 heterocycles. The van der Waals surface area contributed by atoms with E-state index in [1.165, 1.54) is 18.4 Å². The van der Waals surface area contributed by atoms with E-state index in [0.29, 0.717) is 13.0 Å². The van der Waals surface area contributed by atoms with E-state index >= 15 is 0 Å². The summed E-state index contributed by atoms with van der Waals surface area (Å²) < 4.78 is 42.0. The van der Waals surface area contributed by atoms with Gasteiger partial charge in [-0.15, -0.1) is 0 Å². The molecule has 1 aromatic heterocycles. The van der Waals surface area contributed by atoms with E-state index in [1.807, 2.05) is 5.48 Å². The van der Waals surface area contributed by atoms with Crippen molar-refractivity contribution in [2.75, 3.05) is 37.1 Å². The monoisotopic (exact) mass is 412 g/mol. The molecular weight excluding hydrogens is 391 g/mol. The topological polar surface area (TPSA) is 146 Å². The maximum atomic E-state index is 13.4. The first-order valence-electron chi connectivity index (χ1n) is 8.49. The molecule has 0 spiro atoms. The summed E-state index contributed by atoms with van der Waals surface area (Å²) in [4.78, 5) is 4.37. The minimum Gasteiger partial charge on any atom is -0.379 e. The van der Waals surface area contributed by atoms with Crippen molar-refractivity contribution in [2.24, 2.45) is 4.99 Å². The molecule has 1 unspecified atom stereocenters. The van der Waals surface area contributed by atoms with Gasteiger partial charge in [0.1, 0.15) is 5.82 Å². The van der Waals surface area contributed by atoms with Crippen LogP contribution in [-0.4, -0.2) is 57.3 Å². The van der Waals surface area contributed by atoms with E-state index in [-0.39, 0.29) is 48.2 Å². The Kier molecular flexibility index (Phi) is 6.21. The molecule has 28 heavy (non-hydrogen) atoms. The second kappa shape index (κ2) is 8.63. The minimum atomic E-state index is -2.57. The Balaban J connectivity index is 1.58. The summed E-state index contributed by atoms with van der Waals surface area (Å²) in [5.74, 6) is 0.122. The molecule has 1 aliphatic carbocycles. The molecule has 0 radical (unpaired) electrons. The number of nitrogens with one attached hydrogen (secondary N) is 3. The molecule has 1 aromatic carbocycles. The number of hydroxylamine groups is 1. The Morgan fingerprint density at radius 3 is 3.07 bits per heavy atom. The number of hydrogen-bond donors (Lipinski definition) is 4. The van der Waals surface area contributed by atoms with Gasteiger partial charge in [-0.05, 0) is 40.0 Å². The molecule has 1 aliphatic rings. The Morgan fingerprint density at radius 2 is 2.32 bits per heavy atom. The molecule has 4 N–H and O–H groups in total. The first kappa shape index (κ1) is 20.2. The van der Waals surface area contributed by atoms with Crippen LogP contribution in [0.5, 0.6) is 0 Å². The number of rotatable bonds is 9. The normalized spacial score (nSPS) is 18.1. The molecule has 0 amide bonds. The molecule has 0 saturated heterocycles. The van der Waals surface area contributed by atoms with Gasteiger partial charge in [0.05, 0.1) is 25.0 Å². The summed E-state index contributed by atoms with van der Waals surface area (Å²) in [6.45, 7) is 0.851. The van der Waals surface area contributed by atoms with Crippen molar-refractivity contribution < 1.29 is 23.2 Å². The lowest BCUT2D eigenvalue weighted by Crippen LogP contribution is -2.26. The fourth-order valence-electron chi connectivity index (χ4n) is 2.68. The van der Waals surface area contributed by atoms with Crippen molar-refractivity contribution in [1.29, 1.82) is 4.78 Å². The van der Waals surface area contributed by atoms with Crippen LogP contribution < -0.4 is 10.8 Å². The van der Waals surface area contributed by atoms with Crippen LogP contribution >= 0.6 is 0 Å². The van der Waals surface area contributed by atoms with Crippen molar-refractivity contribution in [3.63, 3.8) is 0 Å². The van der Waals surface area contributed by atoms with E-state index in [9.17, 15) is 13.8 Å². The number of benzene rings is 1. The summed E-state index contributed by atoms with van der Waals surface area (Å²) in [6.07, 6.45) is 1.99. The molecule has 152 valence electrons. The van der Waals surface area contributed by atoms with Gasteiger partial charge >= 0.3 is 0 Å². The number of halogens is 1. The molecule has 0 saturated carbocycles. The maximum absolute atomic E-state index is 13.4. The third-order valence-corrected chi connectivity index (χ3v) is 5.09. The van der Waals surface area contributed by atoms with E-state index in [2.05, 4.69) is 20.6 Å². The Labute approximate surface area is 161 Å². The Hall–Kier alpha value is -2.57. The Bertz CT molecular complexity index is 962. The molecule has 2 aromatic rings. The number of hydrogen-bond acceptors (Lipinski definition) is 9. The number of amidine groups is 1. The lowest BCUT2D eigenvalue weighted by atomic mass is 9.83. The van der Waals surface area contributed by atoms with Gasteiger partial charge in [-0.25, -0.2) is 9.02 Å². The summed E-state index contributed by atoms with van der Waals surface area (Å²) in [7, 11) is -2.57. The number of anilines is 1. The van der Waals surface area contributed by atoms with Crippen LogP contribution in [0.15, 0.2) is 27.8 Å². The number of aliphatic imine (C=N–C) groups is 1. The van der Waals surface area contributed by atoms with E-state index in [0.717, 1.165) is 11.1 Å². The smallest absolute Gasteiger partial charge is 0.202 e. The van der Waals surface area contributed by atoms with Gasteiger partial charge in [-0.2, -0.15) is 0 Å². The van der Waals surface area contributed by atoms with Crippen LogP contribution in [0.4, 0.5) is 10.2 Å². The lowest BCUT2D eigenvalue weighted by Gasteiger charge is -2.27. The average molecular weight is 412 g/mol. The summed E-state index contributed by atoms with van der Waals surface area (Å²) >= 11 is 0. The minimum absolute atomic E-state index is 0.0458. The van der Waals surface area contributed by atoms with Crippen LogP contribution in [0.3, 0.4) is 0 Å². The van der Waals surface area contributed by atoms with Gasteiger partial charge in [-0.1, -0.05) is 6.07 Å². The number of aromatic nitrogens is 2. The highest BCUT2D eigenvalue weighted by Gasteiger charge is 2.28. The molecule has 2 atom stereocenters. The standard InChI is InChI=1S/C16H21FN6O4S/c1-28(18,25)7-6-26-5-4-19-15-14(22-27-23-15)16(21-24)20-13-8-10-2-3-11(17)9-12(10)13/h2-3,9,13,18,24H,4-8H2,1H3,(H,19,23)(H,20,21)/t13-,28?/m0/s1. The van der Waals surface area contributed by atoms with E-state index < -0.39 is 9.73 Å². The third-order valence-electron chi connectivity index (χ3n) is 4.14. The number of fused-ring (bicyclic) bond motifs is 1. The van der Waals surface area contributed by atoms with Gasteiger partial charge in [0, 0.05) is 22.5 Å². The molecule has 0 aliphatic heterocycles. The molecule has 3 rings (SSSR count). The zero-order chi connectivity index (χ0) is 20.1. The van der Waals surface area contributed by atoms with E-state index in [4.69, 9.17) is 14.1 Å². The van der Waals surface area contributed by atoms with Gasteiger partial charge in [0.2, 0.25) is 5.82 Å². The SMILES string of the molecule is CS(=N)(=O)CCOCCNc1nonc1C(=N[C@H]1Cc2ccc(F)cc21)NO. The summed E-state index contributed by atoms with van der Waals surface area (Å²) in [5.41, 5.74) is 3.93. The van der Waals surface area contributed by atoms with Crippen LogP contribution in [0, 0.1) is 10.6 Å². The van der Waals surface area contributed by atoms with E-state index in [1.54, 1.807) is 6.07 Å². The largest absolute Gasteiger partial charge is 0.379 e. The Morgan fingerprint density at radius 1 is 1.50 bits per heavy atom. The second-order valence-corrected chi connectivity index (χ2v) is 8.78. The zero-order valence-electron chi connectivity index (χ0n) is 15.1. The van der Waals surface area contributed by atoms with Crippen molar-refractivity contribution in [3.05, 3.63) is 40.8 Å². The first-order valence-corrected chi connectivity index (χ1v) is 10.6. The molecule has 10 nitrogen and oxygen atoms in total. The second-order valence-electron chi connectivity index (χ2n) is 6.36. The number of ether oxygens (including phenoxy) is 1. The third kappa shape index (κ3) is 5.03. The fraction of sp³-hybridized carbons (Fsp3) is 0.438. The lowest BCUT2D eigenvalue weighted by molar-refractivity contribution is 0.160. The van der Waals surface area contributed by atoms with Crippen molar-refractivity contribution in [2.45, 2.75) is 12.5 Å². The first-order chi connectivity index (χ1) is 13.4. The molecule has 0 bridgehead atoms. The highest BCUT2D eigenvalue weighted by molar-refractivity contribution is 7.91. The van der Waals surface area contributed by atoms with Crippen LogP contribution in [-0.2, 0) is 20.9 Å². The number of nitrogens with zero attached hydrogens (tertiary/aromatic N) is 3. The predicted molar refractivity (Wildman–Crippen MR) is 99.6 cm³/mol. The quantitative estimate of drug-likeness (QED) is 0.209. The van der Waals surface area contributed by atoms with Crippen molar-refractivity contribution in [1.82, 2.24) is 15.8 Å². The summed E-state index contributed by atoms with van der Waals surface area (Å²) in [5, 5.41) is 19.9. The zero-order valence-corrected chi connectivity index (χ0v) is 16.0. The maximum Gasteiger partial charge on any atom is 0.202 e. The molecule has 0 fully saturated rings. The average Bonchev–Trinajstić information content (AvgIpc) is 3.08. The molecule has 12 heteroatoms.